The quantitative estimate of drug-likeness (QED) is 0.862. The number of hydrogen-bond acceptors (Lipinski definition) is 4. The number of carbonyl (C=O) groups excluding carboxylic acids is 1. The molecule has 0 spiro atoms. The molecule has 1 N–H and O–H groups in total. The van der Waals surface area contributed by atoms with E-state index in [-0.39, 0.29) is 11.5 Å². The van der Waals surface area contributed by atoms with Gasteiger partial charge in [-0.15, -0.1) is 0 Å². The summed E-state index contributed by atoms with van der Waals surface area (Å²) >= 11 is 0. The maximum Gasteiger partial charge on any atom is 0.315 e. The van der Waals surface area contributed by atoms with Crippen LogP contribution in [0.4, 0.5) is 14.5 Å². The van der Waals surface area contributed by atoms with Crippen LogP contribution >= 0.6 is 0 Å². The molecule has 2 heterocycles. The standard InChI is InChI=1S/C9H7F2N5O/c10-7(11)9(17)15-6-2-1-3-13-8(6)16-5-12-4-14-16/h1-5,7H,(H,15,17). The van der Waals surface area contributed by atoms with E-state index >= 15 is 0 Å². The molecule has 2 aromatic heterocycles. The maximum atomic E-state index is 12.1. The van der Waals surface area contributed by atoms with Crippen molar-refractivity contribution in [3.05, 3.63) is 31.0 Å². The highest BCUT2D eigenvalue weighted by molar-refractivity contribution is 5.94. The van der Waals surface area contributed by atoms with E-state index in [9.17, 15) is 13.6 Å². The molecule has 88 valence electrons. The summed E-state index contributed by atoms with van der Waals surface area (Å²) in [6, 6.07) is 2.96. The van der Waals surface area contributed by atoms with Crippen LogP contribution in [0.1, 0.15) is 0 Å². The molecule has 0 bridgehead atoms. The van der Waals surface area contributed by atoms with Crippen molar-refractivity contribution in [2.75, 3.05) is 5.32 Å². The van der Waals surface area contributed by atoms with Crippen LogP contribution in [-0.2, 0) is 4.79 Å². The second kappa shape index (κ2) is 4.64. The van der Waals surface area contributed by atoms with Crippen molar-refractivity contribution in [1.82, 2.24) is 19.7 Å². The molecule has 0 aliphatic rings. The van der Waals surface area contributed by atoms with E-state index in [2.05, 4.69) is 20.4 Å². The zero-order valence-corrected chi connectivity index (χ0v) is 8.42. The highest BCUT2D eigenvalue weighted by Crippen LogP contribution is 2.16. The SMILES string of the molecule is O=C(Nc1cccnc1-n1cncn1)C(F)F. The second-order valence-electron chi connectivity index (χ2n) is 3.00. The lowest BCUT2D eigenvalue weighted by molar-refractivity contribution is -0.126. The molecule has 0 radical (unpaired) electrons. The van der Waals surface area contributed by atoms with Gasteiger partial charge in [-0.3, -0.25) is 4.79 Å². The number of amides is 1. The van der Waals surface area contributed by atoms with Crippen LogP contribution in [0.15, 0.2) is 31.0 Å². The van der Waals surface area contributed by atoms with Gasteiger partial charge in [0.2, 0.25) is 0 Å². The second-order valence-corrected chi connectivity index (χ2v) is 3.00. The molecule has 0 fully saturated rings. The van der Waals surface area contributed by atoms with Crippen molar-refractivity contribution in [2.45, 2.75) is 6.43 Å². The van der Waals surface area contributed by atoms with Gasteiger partial charge in [0.1, 0.15) is 12.7 Å². The lowest BCUT2D eigenvalue weighted by Crippen LogP contribution is -2.21. The van der Waals surface area contributed by atoms with Crippen LogP contribution in [0.25, 0.3) is 5.82 Å². The van der Waals surface area contributed by atoms with Gasteiger partial charge in [-0.05, 0) is 12.1 Å². The third-order valence-electron chi connectivity index (χ3n) is 1.88. The van der Waals surface area contributed by atoms with E-state index in [1.54, 1.807) is 0 Å². The van der Waals surface area contributed by atoms with E-state index in [1.807, 2.05) is 0 Å². The molecule has 0 aliphatic heterocycles. The first-order chi connectivity index (χ1) is 8.18. The monoisotopic (exact) mass is 239 g/mol. The van der Waals surface area contributed by atoms with Gasteiger partial charge in [0.25, 0.3) is 5.91 Å². The van der Waals surface area contributed by atoms with E-state index in [1.165, 1.54) is 35.7 Å². The molecule has 0 saturated heterocycles. The Morgan fingerprint density at radius 3 is 2.94 bits per heavy atom. The molecular weight excluding hydrogens is 232 g/mol. The number of halogens is 2. The van der Waals surface area contributed by atoms with Crippen LogP contribution in [0.3, 0.4) is 0 Å². The van der Waals surface area contributed by atoms with Crippen molar-refractivity contribution < 1.29 is 13.6 Å². The summed E-state index contributed by atoms with van der Waals surface area (Å²) in [6.45, 7) is 0. The van der Waals surface area contributed by atoms with Gasteiger partial charge in [-0.25, -0.2) is 14.6 Å². The Morgan fingerprint density at radius 2 is 2.29 bits per heavy atom. The van der Waals surface area contributed by atoms with Crippen molar-refractivity contribution in [3.8, 4) is 5.82 Å². The molecule has 0 unspecified atom stereocenters. The number of rotatable bonds is 3. The number of alkyl halides is 2. The van der Waals surface area contributed by atoms with Gasteiger partial charge in [0.15, 0.2) is 5.82 Å². The Bertz CT molecular complexity index is 514. The molecule has 2 aromatic rings. The van der Waals surface area contributed by atoms with Gasteiger partial charge in [0.05, 0.1) is 5.69 Å². The van der Waals surface area contributed by atoms with E-state index in [4.69, 9.17) is 0 Å². The normalized spacial score (nSPS) is 10.5. The summed E-state index contributed by atoms with van der Waals surface area (Å²) in [5.74, 6) is -1.17. The number of hydrogen-bond donors (Lipinski definition) is 1. The Labute approximate surface area is 94.3 Å². The molecule has 0 aliphatic carbocycles. The Balaban J connectivity index is 2.32. The highest BCUT2D eigenvalue weighted by atomic mass is 19.3. The summed E-state index contributed by atoms with van der Waals surface area (Å²) in [4.78, 5) is 18.5. The minimum atomic E-state index is -3.08. The van der Waals surface area contributed by atoms with Crippen molar-refractivity contribution in [2.24, 2.45) is 0 Å². The molecule has 8 heteroatoms. The molecule has 17 heavy (non-hydrogen) atoms. The molecule has 6 nitrogen and oxygen atoms in total. The molecule has 0 saturated carbocycles. The van der Waals surface area contributed by atoms with Crippen LogP contribution in [0.5, 0.6) is 0 Å². The van der Waals surface area contributed by atoms with Crippen molar-refractivity contribution in [1.29, 1.82) is 0 Å². The minimum Gasteiger partial charge on any atom is -0.318 e. The molecule has 0 aromatic carbocycles. The smallest absolute Gasteiger partial charge is 0.315 e. The van der Waals surface area contributed by atoms with E-state index in [0.717, 1.165) is 0 Å². The third kappa shape index (κ3) is 2.41. The summed E-state index contributed by atoms with van der Waals surface area (Å²) in [6.07, 6.45) is 0.988. The van der Waals surface area contributed by atoms with Crippen molar-refractivity contribution in [3.63, 3.8) is 0 Å². The average Bonchev–Trinajstić information content (AvgIpc) is 2.83. The minimum absolute atomic E-state index is 0.142. The number of nitrogens with zero attached hydrogens (tertiary/aromatic N) is 4. The number of pyridine rings is 1. The highest BCUT2D eigenvalue weighted by Gasteiger charge is 2.17. The topological polar surface area (TPSA) is 72.7 Å². The Kier molecular flexibility index (Phi) is 3.03. The van der Waals surface area contributed by atoms with Gasteiger partial charge in [-0.2, -0.15) is 13.9 Å². The number of carbonyl (C=O) groups is 1. The summed E-state index contributed by atoms with van der Waals surface area (Å²) < 4.78 is 25.5. The Morgan fingerprint density at radius 1 is 1.47 bits per heavy atom. The fourth-order valence-corrected chi connectivity index (χ4v) is 1.18. The van der Waals surface area contributed by atoms with Crippen molar-refractivity contribution >= 4 is 11.6 Å². The van der Waals surface area contributed by atoms with Crippen LogP contribution < -0.4 is 5.32 Å². The van der Waals surface area contributed by atoms with Gasteiger partial charge in [-0.1, -0.05) is 0 Å². The maximum absolute atomic E-state index is 12.1. The van der Waals surface area contributed by atoms with E-state index < -0.39 is 12.3 Å². The van der Waals surface area contributed by atoms with E-state index in [0.29, 0.717) is 0 Å². The van der Waals surface area contributed by atoms with Crippen LogP contribution in [0.2, 0.25) is 0 Å². The fraction of sp³-hybridized carbons (Fsp3) is 0.111. The lowest BCUT2D eigenvalue weighted by Gasteiger charge is -2.08. The zero-order valence-electron chi connectivity index (χ0n) is 8.42. The van der Waals surface area contributed by atoms with Crippen LogP contribution in [-0.4, -0.2) is 32.1 Å². The van der Waals surface area contributed by atoms with Gasteiger partial charge in [0, 0.05) is 6.20 Å². The average molecular weight is 239 g/mol. The molecular formula is C9H7F2N5O. The number of nitrogens with one attached hydrogen (secondary N) is 1. The zero-order chi connectivity index (χ0) is 12.3. The Hall–Kier alpha value is -2.38. The predicted octanol–water partition coefficient (Wildman–Crippen LogP) is 0.866. The molecule has 0 atom stereocenters. The first kappa shape index (κ1) is 11.1. The summed E-state index contributed by atoms with van der Waals surface area (Å²) in [7, 11) is 0. The number of aromatic nitrogens is 4. The first-order valence-electron chi connectivity index (χ1n) is 4.57. The largest absolute Gasteiger partial charge is 0.318 e. The fourth-order valence-electron chi connectivity index (χ4n) is 1.18. The lowest BCUT2D eigenvalue weighted by atomic mass is 10.3. The molecule has 1 amide bonds. The van der Waals surface area contributed by atoms with Gasteiger partial charge >= 0.3 is 6.43 Å². The summed E-state index contributed by atoms with van der Waals surface area (Å²) in [5, 5.41) is 5.86. The number of anilines is 1. The van der Waals surface area contributed by atoms with Gasteiger partial charge < -0.3 is 5.32 Å². The van der Waals surface area contributed by atoms with Crippen LogP contribution in [0, 0.1) is 0 Å². The first-order valence-corrected chi connectivity index (χ1v) is 4.57. The predicted molar refractivity (Wildman–Crippen MR) is 53.8 cm³/mol. The third-order valence-corrected chi connectivity index (χ3v) is 1.88. The summed E-state index contributed by atoms with van der Waals surface area (Å²) in [5.41, 5.74) is 0.142. The molecule has 2 rings (SSSR count).